The van der Waals surface area contributed by atoms with Crippen LogP contribution in [0.4, 0.5) is 4.79 Å². The van der Waals surface area contributed by atoms with E-state index in [1.54, 1.807) is 11.8 Å². The van der Waals surface area contributed by atoms with Crippen LogP contribution < -0.4 is 0 Å². The third kappa shape index (κ3) is 6.67. The number of esters is 1. The van der Waals surface area contributed by atoms with Crippen LogP contribution in [0.5, 0.6) is 0 Å². The fourth-order valence-corrected chi connectivity index (χ4v) is 2.71. The highest BCUT2D eigenvalue weighted by Gasteiger charge is 2.29. The summed E-state index contributed by atoms with van der Waals surface area (Å²) in [5.41, 5.74) is 0.436. The first-order valence-electron chi connectivity index (χ1n) is 9.08. The minimum absolute atomic E-state index is 0.0595. The molecule has 26 heavy (non-hydrogen) atoms. The Kier molecular flexibility index (Phi) is 7.03. The third-order valence-electron chi connectivity index (χ3n) is 4.04. The summed E-state index contributed by atoms with van der Waals surface area (Å²) in [5, 5.41) is 0. The van der Waals surface area contributed by atoms with Crippen molar-refractivity contribution in [2.24, 2.45) is 0 Å². The lowest BCUT2D eigenvalue weighted by atomic mass is 10.1. The van der Waals surface area contributed by atoms with Gasteiger partial charge in [-0.05, 0) is 46.1 Å². The summed E-state index contributed by atoms with van der Waals surface area (Å²) in [7, 11) is 0. The van der Waals surface area contributed by atoms with Crippen molar-refractivity contribution < 1.29 is 23.8 Å². The molecule has 0 N–H and O–H groups in total. The second kappa shape index (κ2) is 9.03. The monoisotopic (exact) mass is 363 g/mol. The maximum Gasteiger partial charge on any atom is 0.410 e. The van der Waals surface area contributed by atoms with E-state index in [9.17, 15) is 9.59 Å². The van der Waals surface area contributed by atoms with E-state index in [4.69, 9.17) is 14.2 Å². The Morgan fingerprint density at radius 1 is 1.15 bits per heavy atom. The van der Waals surface area contributed by atoms with E-state index >= 15 is 0 Å². The molecule has 0 bridgehead atoms. The van der Waals surface area contributed by atoms with E-state index in [0.717, 1.165) is 5.56 Å². The molecule has 0 spiro atoms. The predicted octanol–water partition coefficient (Wildman–Crippen LogP) is 3.53. The summed E-state index contributed by atoms with van der Waals surface area (Å²) in [6, 6.07) is 9.60. The number of nitrogens with zero attached hydrogens (tertiary/aromatic N) is 1. The van der Waals surface area contributed by atoms with Gasteiger partial charge < -0.3 is 19.1 Å². The standard InChI is InChI=1S/C20H29NO5/c1-15(18(22)26-20(2,3)4)25-17-10-12-21(13-11-17)19(23)24-14-16-8-6-5-7-9-16/h5-9,15,17H,10-14H2,1-4H3. The number of piperidine rings is 1. The highest BCUT2D eigenvalue weighted by molar-refractivity contribution is 5.74. The number of benzene rings is 1. The highest BCUT2D eigenvalue weighted by Crippen LogP contribution is 2.18. The van der Waals surface area contributed by atoms with Crippen molar-refractivity contribution in [3.63, 3.8) is 0 Å². The first-order chi connectivity index (χ1) is 12.2. The molecule has 1 amide bonds. The molecule has 1 fully saturated rings. The number of amides is 1. The van der Waals surface area contributed by atoms with E-state index in [1.807, 2.05) is 51.1 Å². The van der Waals surface area contributed by atoms with Gasteiger partial charge in [-0.1, -0.05) is 30.3 Å². The zero-order valence-corrected chi connectivity index (χ0v) is 16.1. The van der Waals surface area contributed by atoms with Crippen LogP contribution in [0, 0.1) is 0 Å². The van der Waals surface area contributed by atoms with Gasteiger partial charge in [-0.25, -0.2) is 9.59 Å². The average Bonchev–Trinajstić information content (AvgIpc) is 2.59. The minimum Gasteiger partial charge on any atom is -0.458 e. The Bertz CT molecular complexity index is 588. The maximum absolute atomic E-state index is 12.2. The third-order valence-corrected chi connectivity index (χ3v) is 4.04. The van der Waals surface area contributed by atoms with Gasteiger partial charge in [0.1, 0.15) is 12.2 Å². The quantitative estimate of drug-likeness (QED) is 0.749. The van der Waals surface area contributed by atoms with Gasteiger partial charge in [0.2, 0.25) is 0 Å². The van der Waals surface area contributed by atoms with Crippen molar-refractivity contribution >= 4 is 12.1 Å². The molecule has 6 heteroatoms. The number of likely N-dealkylation sites (tertiary alicyclic amines) is 1. The molecule has 1 saturated heterocycles. The molecule has 6 nitrogen and oxygen atoms in total. The molecule has 1 aliphatic rings. The topological polar surface area (TPSA) is 65.1 Å². The van der Waals surface area contributed by atoms with Crippen molar-refractivity contribution in [1.29, 1.82) is 0 Å². The summed E-state index contributed by atoms with van der Waals surface area (Å²) in [6.45, 7) is 8.57. The van der Waals surface area contributed by atoms with Crippen molar-refractivity contribution in [2.45, 2.75) is 65.0 Å². The van der Waals surface area contributed by atoms with Gasteiger partial charge in [-0.3, -0.25) is 0 Å². The molecular weight excluding hydrogens is 334 g/mol. The summed E-state index contributed by atoms with van der Waals surface area (Å²) < 4.78 is 16.5. The largest absolute Gasteiger partial charge is 0.458 e. The summed E-state index contributed by atoms with van der Waals surface area (Å²) >= 11 is 0. The molecule has 1 heterocycles. The van der Waals surface area contributed by atoms with Crippen LogP contribution in [0.2, 0.25) is 0 Å². The normalized spacial score (nSPS) is 16.8. The van der Waals surface area contributed by atoms with Crippen LogP contribution in [0.15, 0.2) is 30.3 Å². The zero-order valence-electron chi connectivity index (χ0n) is 16.1. The van der Waals surface area contributed by atoms with Gasteiger partial charge in [-0.2, -0.15) is 0 Å². The molecular formula is C20H29NO5. The molecule has 1 atom stereocenters. The second-order valence-corrected chi connectivity index (χ2v) is 7.54. The van der Waals surface area contributed by atoms with Crippen molar-refractivity contribution in [3.05, 3.63) is 35.9 Å². The van der Waals surface area contributed by atoms with Gasteiger partial charge in [0.25, 0.3) is 0 Å². The lowest BCUT2D eigenvalue weighted by molar-refractivity contribution is -0.172. The van der Waals surface area contributed by atoms with Crippen molar-refractivity contribution in [2.75, 3.05) is 13.1 Å². The Labute approximate surface area is 155 Å². The fourth-order valence-electron chi connectivity index (χ4n) is 2.71. The van der Waals surface area contributed by atoms with E-state index in [2.05, 4.69) is 0 Å². The Morgan fingerprint density at radius 3 is 2.35 bits per heavy atom. The van der Waals surface area contributed by atoms with Crippen LogP contribution in [-0.4, -0.2) is 47.9 Å². The SMILES string of the molecule is CC(OC1CCN(C(=O)OCc2ccccc2)CC1)C(=O)OC(C)(C)C. The lowest BCUT2D eigenvalue weighted by Gasteiger charge is -2.32. The zero-order chi connectivity index (χ0) is 19.2. The Hall–Kier alpha value is -2.08. The van der Waals surface area contributed by atoms with Gasteiger partial charge in [0.05, 0.1) is 6.10 Å². The number of hydrogen-bond acceptors (Lipinski definition) is 5. The number of hydrogen-bond donors (Lipinski definition) is 0. The van der Waals surface area contributed by atoms with Gasteiger partial charge in [-0.15, -0.1) is 0 Å². The molecule has 2 rings (SSSR count). The lowest BCUT2D eigenvalue weighted by Crippen LogP contribution is -2.43. The predicted molar refractivity (Wildman–Crippen MR) is 97.6 cm³/mol. The first-order valence-corrected chi connectivity index (χ1v) is 9.08. The summed E-state index contributed by atoms with van der Waals surface area (Å²) in [6.07, 6.45) is 0.361. The van der Waals surface area contributed by atoms with Gasteiger partial charge >= 0.3 is 12.1 Å². The van der Waals surface area contributed by atoms with Crippen LogP contribution in [0.1, 0.15) is 46.1 Å². The number of ether oxygens (including phenoxy) is 3. The van der Waals surface area contributed by atoms with Crippen LogP contribution in [0.25, 0.3) is 0 Å². The molecule has 0 radical (unpaired) electrons. The smallest absolute Gasteiger partial charge is 0.410 e. The van der Waals surface area contributed by atoms with Crippen LogP contribution in [-0.2, 0) is 25.6 Å². The minimum atomic E-state index is -0.615. The van der Waals surface area contributed by atoms with Crippen molar-refractivity contribution in [3.8, 4) is 0 Å². The van der Waals surface area contributed by atoms with E-state index in [1.165, 1.54) is 0 Å². The Morgan fingerprint density at radius 2 is 1.77 bits per heavy atom. The molecule has 1 aliphatic heterocycles. The van der Waals surface area contributed by atoms with Crippen LogP contribution in [0.3, 0.4) is 0 Å². The summed E-state index contributed by atoms with van der Waals surface area (Å²) in [5.74, 6) is -0.359. The number of carbonyl (C=O) groups is 2. The van der Waals surface area contributed by atoms with Crippen molar-refractivity contribution in [1.82, 2.24) is 4.90 Å². The molecule has 1 aromatic carbocycles. The Balaban J connectivity index is 1.71. The fraction of sp³-hybridized carbons (Fsp3) is 0.600. The highest BCUT2D eigenvalue weighted by atomic mass is 16.6. The first kappa shape index (κ1) is 20.2. The van der Waals surface area contributed by atoms with E-state index < -0.39 is 11.7 Å². The summed E-state index contributed by atoms with van der Waals surface area (Å²) in [4.78, 5) is 25.8. The molecule has 144 valence electrons. The molecule has 1 aromatic rings. The van der Waals surface area contributed by atoms with E-state index in [-0.39, 0.29) is 24.8 Å². The average molecular weight is 363 g/mol. The van der Waals surface area contributed by atoms with Crippen LogP contribution >= 0.6 is 0 Å². The molecule has 1 unspecified atom stereocenters. The molecule has 0 saturated carbocycles. The maximum atomic E-state index is 12.2. The van der Waals surface area contributed by atoms with Gasteiger partial charge in [0, 0.05) is 13.1 Å². The van der Waals surface area contributed by atoms with Gasteiger partial charge in [0.15, 0.2) is 6.10 Å². The number of carbonyl (C=O) groups excluding carboxylic acids is 2. The number of rotatable bonds is 5. The van der Waals surface area contributed by atoms with E-state index in [0.29, 0.717) is 25.9 Å². The second-order valence-electron chi connectivity index (χ2n) is 7.54. The molecule has 0 aliphatic carbocycles. The molecule has 0 aromatic heterocycles.